The Bertz CT molecular complexity index is 945. The minimum atomic E-state index is -3.66. The first-order valence-corrected chi connectivity index (χ1v) is 12.3. The summed E-state index contributed by atoms with van der Waals surface area (Å²) in [6.45, 7) is 4.65. The van der Waals surface area contributed by atoms with E-state index in [0.29, 0.717) is 31.0 Å². The molecule has 2 rings (SSSR count). The molecular weight excluding hydrogens is 416 g/mol. The van der Waals surface area contributed by atoms with Crippen LogP contribution >= 0.6 is 0 Å². The average molecular weight is 449 g/mol. The van der Waals surface area contributed by atoms with E-state index in [9.17, 15) is 13.2 Å². The molecule has 1 atom stereocenters. The fraction of sp³-hybridized carbons (Fsp3) is 0.435. The summed E-state index contributed by atoms with van der Waals surface area (Å²) in [4.78, 5) is 12.9. The van der Waals surface area contributed by atoms with E-state index in [1.807, 2.05) is 31.2 Å². The Hall–Kier alpha value is -2.74. The van der Waals surface area contributed by atoms with Crippen LogP contribution in [0.2, 0.25) is 0 Å². The molecule has 31 heavy (non-hydrogen) atoms. The molecule has 0 saturated carbocycles. The van der Waals surface area contributed by atoms with Crippen molar-refractivity contribution in [3.8, 4) is 11.5 Å². The van der Waals surface area contributed by atoms with Gasteiger partial charge in [-0.25, -0.2) is 8.42 Å². The normalized spacial score (nSPS) is 12.1. The molecule has 1 N–H and O–H groups in total. The van der Waals surface area contributed by atoms with Crippen LogP contribution in [0, 0.1) is 0 Å². The number of hydrogen-bond acceptors (Lipinski definition) is 5. The van der Waals surface area contributed by atoms with Gasteiger partial charge in [0.25, 0.3) is 0 Å². The number of amides is 1. The summed E-state index contributed by atoms with van der Waals surface area (Å²) in [5.41, 5.74) is 1.55. The van der Waals surface area contributed by atoms with Gasteiger partial charge in [0.15, 0.2) is 0 Å². The number of rotatable bonds is 12. The van der Waals surface area contributed by atoms with Crippen molar-refractivity contribution in [2.24, 2.45) is 0 Å². The average Bonchev–Trinajstić information content (AvgIpc) is 2.75. The van der Waals surface area contributed by atoms with Crippen LogP contribution in [0.15, 0.2) is 48.5 Å². The van der Waals surface area contributed by atoms with Crippen molar-refractivity contribution in [3.05, 3.63) is 54.1 Å². The number of nitrogens with one attached hydrogen (secondary N) is 1. The fourth-order valence-corrected chi connectivity index (χ4v) is 4.58. The highest BCUT2D eigenvalue weighted by Gasteiger charge is 2.31. The van der Waals surface area contributed by atoms with E-state index < -0.39 is 16.1 Å². The van der Waals surface area contributed by atoms with Gasteiger partial charge in [-0.05, 0) is 68.1 Å². The van der Waals surface area contributed by atoms with Gasteiger partial charge in [-0.1, -0.05) is 19.1 Å². The predicted molar refractivity (Wildman–Crippen MR) is 123 cm³/mol. The van der Waals surface area contributed by atoms with E-state index in [1.165, 1.54) is 4.31 Å². The molecule has 0 aliphatic carbocycles. The summed E-state index contributed by atoms with van der Waals surface area (Å²) in [5.74, 6) is 1.13. The lowest BCUT2D eigenvalue weighted by molar-refractivity contribution is -0.122. The van der Waals surface area contributed by atoms with Crippen LogP contribution in [0.4, 0.5) is 5.69 Å². The number of anilines is 1. The van der Waals surface area contributed by atoms with Crippen molar-refractivity contribution < 1.29 is 22.7 Å². The maximum absolute atomic E-state index is 12.9. The predicted octanol–water partition coefficient (Wildman–Crippen LogP) is 3.39. The quantitative estimate of drug-likeness (QED) is 0.503. The topological polar surface area (TPSA) is 84.9 Å². The second kappa shape index (κ2) is 11.6. The Morgan fingerprint density at radius 2 is 1.81 bits per heavy atom. The maximum atomic E-state index is 12.9. The molecule has 1 amide bonds. The van der Waals surface area contributed by atoms with E-state index in [-0.39, 0.29) is 5.91 Å². The van der Waals surface area contributed by atoms with Crippen LogP contribution in [0.25, 0.3) is 0 Å². The Balaban J connectivity index is 2.04. The molecule has 0 aliphatic heterocycles. The first-order chi connectivity index (χ1) is 14.8. The second-order valence-electron chi connectivity index (χ2n) is 7.16. The van der Waals surface area contributed by atoms with Gasteiger partial charge in [0, 0.05) is 6.54 Å². The third kappa shape index (κ3) is 7.17. The zero-order valence-electron chi connectivity index (χ0n) is 18.6. The smallest absolute Gasteiger partial charge is 0.243 e. The monoisotopic (exact) mass is 448 g/mol. The summed E-state index contributed by atoms with van der Waals surface area (Å²) >= 11 is 0. The van der Waals surface area contributed by atoms with Gasteiger partial charge in [-0.2, -0.15) is 0 Å². The summed E-state index contributed by atoms with van der Waals surface area (Å²) in [6.07, 6.45) is 2.98. The molecule has 8 heteroatoms. The van der Waals surface area contributed by atoms with E-state index in [1.54, 1.807) is 38.3 Å². The number of carbonyl (C=O) groups excluding carboxylic acids is 1. The number of nitrogens with zero attached hydrogens (tertiary/aromatic N) is 1. The highest BCUT2D eigenvalue weighted by Crippen LogP contribution is 2.25. The van der Waals surface area contributed by atoms with E-state index in [4.69, 9.17) is 9.47 Å². The molecule has 2 aromatic carbocycles. The van der Waals surface area contributed by atoms with Crippen molar-refractivity contribution in [2.75, 3.05) is 30.8 Å². The molecule has 0 heterocycles. The summed E-state index contributed by atoms with van der Waals surface area (Å²) < 4.78 is 36.9. The second-order valence-corrected chi connectivity index (χ2v) is 9.02. The highest BCUT2D eigenvalue weighted by molar-refractivity contribution is 7.92. The third-order valence-electron chi connectivity index (χ3n) is 4.81. The Morgan fingerprint density at radius 1 is 1.10 bits per heavy atom. The van der Waals surface area contributed by atoms with E-state index >= 15 is 0 Å². The first-order valence-electron chi connectivity index (χ1n) is 10.4. The number of ether oxygens (including phenoxy) is 2. The van der Waals surface area contributed by atoms with E-state index in [2.05, 4.69) is 5.32 Å². The molecule has 170 valence electrons. The third-order valence-corrected chi connectivity index (χ3v) is 5.99. The van der Waals surface area contributed by atoms with E-state index in [0.717, 1.165) is 30.4 Å². The van der Waals surface area contributed by atoms with Gasteiger partial charge in [-0.3, -0.25) is 9.10 Å². The zero-order valence-corrected chi connectivity index (χ0v) is 19.4. The number of carbonyl (C=O) groups is 1. The van der Waals surface area contributed by atoms with Gasteiger partial charge in [0.2, 0.25) is 15.9 Å². The lowest BCUT2D eigenvalue weighted by atomic mass is 10.1. The molecule has 1 unspecified atom stereocenters. The summed E-state index contributed by atoms with van der Waals surface area (Å²) in [6, 6.07) is 13.7. The number of benzene rings is 2. The van der Waals surface area contributed by atoms with Crippen LogP contribution in [0.1, 0.15) is 32.3 Å². The number of methoxy groups -OCH3 is 1. The van der Waals surface area contributed by atoms with Crippen LogP contribution in [0.5, 0.6) is 11.5 Å². The van der Waals surface area contributed by atoms with Crippen LogP contribution < -0.4 is 19.1 Å². The van der Waals surface area contributed by atoms with Gasteiger partial charge in [0.05, 0.1) is 25.7 Å². The largest absolute Gasteiger partial charge is 0.497 e. The molecule has 0 spiro atoms. The lowest BCUT2D eigenvalue weighted by Gasteiger charge is -2.30. The van der Waals surface area contributed by atoms with Gasteiger partial charge < -0.3 is 14.8 Å². The fourth-order valence-electron chi connectivity index (χ4n) is 3.37. The molecule has 2 aromatic rings. The summed E-state index contributed by atoms with van der Waals surface area (Å²) in [5, 5.41) is 2.89. The van der Waals surface area contributed by atoms with Crippen LogP contribution in [-0.2, 0) is 21.2 Å². The molecule has 7 nitrogen and oxygen atoms in total. The molecule has 0 aromatic heterocycles. The standard InChI is InChI=1S/C23H32N2O5S/c1-5-22(23(26)24-16-8-10-18-9-7-11-21(17-18)29-3)25(31(4,27)28)19-12-14-20(15-13-19)30-6-2/h7,9,11-15,17,22H,5-6,8,10,16H2,1-4H3,(H,24,26). The lowest BCUT2D eigenvalue weighted by Crippen LogP contribution is -2.49. The maximum Gasteiger partial charge on any atom is 0.243 e. The molecule has 0 fully saturated rings. The highest BCUT2D eigenvalue weighted by atomic mass is 32.2. The number of hydrogen-bond donors (Lipinski definition) is 1. The Labute approximate surface area is 185 Å². The molecular formula is C23H32N2O5S. The van der Waals surface area contributed by atoms with Crippen molar-refractivity contribution in [3.63, 3.8) is 0 Å². The molecule has 0 bridgehead atoms. The molecule has 0 saturated heterocycles. The Morgan fingerprint density at radius 3 is 2.39 bits per heavy atom. The zero-order chi connectivity index (χ0) is 22.9. The number of aryl methyl sites for hydroxylation is 1. The van der Waals surface area contributed by atoms with Crippen molar-refractivity contribution >= 4 is 21.6 Å². The van der Waals surface area contributed by atoms with Crippen LogP contribution in [0.3, 0.4) is 0 Å². The van der Waals surface area contributed by atoms with Gasteiger partial charge in [-0.15, -0.1) is 0 Å². The van der Waals surface area contributed by atoms with Crippen molar-refractivity contribution in [1.82, 2.24) is 5.32 Å². The van der Waals surface area contributed by atoms with Crippen LogP contribution in [-0.4, -0.2) is 46.9 Å². The molecule has 0 aliphatic rings. The first kappa shape index (κ1) is 24.5. The molecule has 0 radical (unpaired) electrons. The minimum Gasteiger partial charge on any atom is -0.497 e. The SMILES string of the molecule is CCOc1ccc(N(C(CC)C(=O)NCCCc2cccc(OC)c2)S(C)(=O)=O)cc1. The van der Waals surface area contributed by atoms with Gasteiger partial charge in [0.1, 0.15) is 17.5 Å². The Kier molecular flexibility index (Phi) is 9.18. The van der Waals surface area contributed by atoms with Crippen molar-refractivity contribution in [1.29, 1.82) is 0 Å². The van der Waals surface area contributed by atoms with Crippen molar-refractivity contribution in [2.45, 2.75) is 39.2 Å². The minimum absolute atomic E-state index is 0.313. The number of sulfonamides is 1. The van der Waals surface area contributed by atoms with Gasteiger partial charge >= 0.3 is 0 Å². The summed E-state index contributed by atoms with van der Waals surface area (Å²) in [7, 11) is -2.04.